The predicted molar refractivity (Wildman–Crippen MR) is 186 cm³/mol. The fraction of sp³-hybridized carbons (Fsp3) is 0.622. The fourth-order valence-corrected chi connectivity index (χ4v) is 7.66. The third-order valence-electron chi connectivity index (χ3n) is 10.9. The van der Waals surface area contributed by atoms with E-state index in [4.69, 9.17) is 0 Å². The van der Waals surface area contributed by atoms with Crippen molar-refractivity contribution in [1.29, 1.82) is 0 Å². The molecular weight excluding hydrogens is 1120 g/mol. The fourth-order valence-electron chi connectivity index (χ4n) is 6.60. The zero-order valence-corrected chi connectivity index (χ0v) is 36.5. The zero-order chi connectivity index (χ0) is 57.7. The highest BCUT2D eigenvalue weighted by atomic mass is 32.2. The number of esters is 2. The number of nitrogens with one attached hydrogen (secondary N) is 1. The Hall–Kier alpha value is -4.83. The number of anilines is 1. The Labute approximate surface area is 389 Å². The van der Waals surface area contributed by atoms with E-state index in [1.165, 1.54) is 0 Å². The number of ether oxygens (including phenoxy) is 2. The molecule has 2 rings (SSSR count). The molecule has 73 heavy (non-hydrogen) atoms. The molecular formula is C37H29F28NO6S. The Balaban J connectivity index is 2.61. The Morgan fingerprint density at radius 2 is 0.986 bits per heavy atom. The first kappa shape index (κ1) is 64.3. The number of hydrogen-bond donors (Lipinski definition) is 1. The molecule has 1 N–H and O–H groups in total. The van der Waals surface area contributed by atoms with Crippen LogP contribution in [-0.4, -0.2) is 94.1 Å². The number of methoxy groups -OCH3 is 1. The maximum absolute atomic E-state index is 14.6. The Morgan fingerprint density at radius 3 is 1.37 bits per heavy atom. The summed E-state index contributed by atoms with van der Waals surface area (Å²) in [7, 11) is -4.79. The highest BCUT2D eigenvalue weighted by Crippen LogP contribution is 2.64. The van der Waals surface area contributed by atoms with Crippen molar-refractivity contribution in [3.8, 4) is 0 Å². The normalized spacial score (nSPS) is 16.0. The predicted octanol–water partition coefficient (Wildman–Crippen LogP) is 13.3. The first-order chi connectivity index (χ1) is 32.4. The second kappa shape index (κ2) is 20.7. The van der Waals surface area contributed by atoms with Crippen molar-refractivity contribution >= 4 is 27.6 Å². The van der Waals surface area contributed by atoms with E-state index in [0.717, 1.165) is 23.8 Å². The lowest BCUT2D eigenvalue weighted by Gasteiger charge is -2.42. The first-order valence-electron chi connectivity index (χ1n) is 19.1. The summed E-state index contributed by atoms with van der Waals surface area (Å²) in [5, 5.41) is 0. The van der Waals surface area contributed by atoms with E-state index < -0.39 is 183 Å². The van der Waals surface area contributed by atoms with Crippen LogP contribution in [-0.2, 0) is 29.1 Å². The highest BCUT2D eigenvalue weighted by Gasteiger charge is 2.95. The summed E-state index contributed by atoms with van der Waals surface area (Å²) in [6, 6.07) is 2.61. The summed E-state index contributed by atoms with van der Waals surface area (Å²) in [6.07, 6.45) is -31.3. The topological polar surface area (TPSA) is 98.8 Å². The third kappa shape index (κ3) is 11.8. The lowest BCUT2D eigenvalue weighted by Crippen LogP contribution is -2.74. The molecule has 3 unspecified atom stereocenters. The molecule has 0 radical (unpaired) electrons. The van der Waals surface area contributed by atoms with Gasteiger partial charge in [-0.3, -0.25) is 14.3 Å². The minimum Gasteiger partial charge on any atom is -0.469 e. The van der Waals surface area contributed by atoms with Gasteiger partial charge in [-0.25, -0.2) is 30.4 Å². The van der Waals surface area contributed by atoms with Gasteiger partial charge in [-0.05, 0) is 49.3 Å². The number of halogens is 28. The lowest BCUT2D eigenvalue weighted by molar-refractivity contribution is -0.461. The van der Waals surface area contributed by atoms with Gasteiger partial charge < -0.3 is 9.47 Å². The van der Waals surface area contributed by atoms with Crippen molar-refractivity contribution in [1.82, 2.24) is 0 Å². The summed E-state index contributed by atoms with van der Waals surface area (Å²) in [5.74, 6) is -85.7. The highest BCUT2D eigenvalue weighted by molar-refractivity contribution is 7.92. The SMILES string of the molecule is CCC(CC(CC(C)c1ccc(S(=O)(=O)Nc2c(F)c(F)c(F)c(F)c2F)cc1)C(=O)OC)(CC(C(F)(F)F)C(F)(F)F)C(=O)OCCC(F)(F)C(F)(F)C(F)(F)C(F)(F)C(F)(F)C(F)(F)C(F)(F)C(F)(F)F. The van der Waals surface area contributed by atoms with Crippen molar-refractivity contribution in [2.45, 2.75) is 117 Å². The second-order valence-corrected chi connectivity index (χ2v) is 17.4. The average Bonchev–Trinajstić information content (AvgIpc) is 3.25. The van der Waals surface area contributed by atoms with Gasteiger partial charge in [0.1, 0.15) is 5.69 Å². The molecule has 0 aromatic heterocycles. The Morgan fingerprint density at radius 1 is 0.589 bits per heavy atom. The number of hydrogen-bond acceptors (Lipinski definition) is 6. The molecule has 0 amide bonds. The quantitative estimate of drug-likeness (QED) is 0.0546. The van der Waals surface area contributed by atoms with Gasteiger partial charge in [0.05, 0.1) is 36.4 Å². The van der Waals surface area contributed by atoms with E-state index in [1.54, 1.807) is 0 Å². The third-order valence-corrected chi connectivity index (χ3v) is 12.3. The molecule has 0 aliphatic heterocycles. The number of carbonyl (C=O) groups is 2. The molecule has 0 fully saturated rings. The summed E-state index contributed by atoms with van der Waals surface area (Å²) >= 11 is 0. The standard InChI is InChI=1S/C37H29F28NO6S/c1-4-27(13-18(29(45,46)47)30(48,49)50,26(68)72-10-9-28(43,44)31(51,52)32(53,54)33(55,56)34(57,58)35(59,60)36(61,62)37(63,64)65)12-16(25(67)71-3)11-14(2)15-5-7-17(8-6-15)73(69,70)66-24-22(41)20(39)19(38)21(40)23(24)42/h5-8,14,16,18,66H,4,9-13H2,1-3H3. The molecule has 420 valence electrons. The van der Waals surface area contributed by atoms with E-state index in [-0.39, 0.29) is 5.56 Å². The maximum Gasteiger partial charge on any atom is 0.460 e. The van der Waals surface area contributed by atoms with Gasteiger partial charge in [0, 0.05) is 0 Å². The van der Waals surface area contributed by atoms with Crippen LogP contribution in [0.3, 0.4) is 0 Å². The van der Waals surface area contributed by atoms with Crippen LogP contribution >= 0.6 is 0 Å². The van der Waals surface area contributed by atoms with Crippen LogP contribution in [0.25, 0.3) is 0 Å². The molecule has 7 nitrogen and oxygen atoms in total. The molecule has 0 saturated heterocycles. The van der Waals surface area contributed by atoms with Crippen molar-refractivity contribution in [2.75, 3.05) is 18.4 Å². The minimum absolute atomic E-state index is 0.224. The van der Waals surface area contributed by atoms with Gasteiger partial charge in [0.25, 0.3) is 10.0 Å². The van der Waals surface area contributed by atoms with Gasteiger partial charge in [-0.1, -0.05) is 26.0 Å². The maximum atomic E-state index is 14.6. The van der Waals surface area contributed by atoms with E-state index in [9.17, 15) is 141 Å². The van der Waals surface area contributed by atoms with E-state index >= 15 is 0 Å². The molecule has 0 aliphatic rings. The van der Waals surface area contributed by atoms with E-state index in [1.807, 2.05) is 0 Å². The van der Waals surface area contributed by atoms with Crippen LogP contribution in [0.5, 0.6) is 0 Å². The van der Waals surface area contributed by atoms with Crippen LogP contribution < -0.4 is 4.72 Å². The van der Waals surface area contributed by atoms with Gasteiger partial charge in [0.15, 0.2) is 29.2 Å². The molecule has 0 spiro atoms. The van der Waals surface area contributed by atoms with Crippen LogP contribution in [0.1, 0.15) is 57.4 Å². The number of carbonyl (C=O) groups excluding carboxylic acids is 2. The zero-order valence-electron chi connectivity index (χ0n) is 35.7. The van der Waals surface area contributed by atoms with Gasteiger partial charge in [-0.15, -0.1) is 0 Å². The Bertz CT molecular complexity index is 2380. The number of alkyl halides is 23. The number of sulfonamides is 1. The van der Waals surface area contributed by atoms with Gasteiger partial charge in [0.2, 0.25) is 5.82 Å². The lowest BCUT2D eigenvalue weighted by atomic mass is 9.69. The number of rotatable bonds is 22. The van der Waals surface area contributed by atoms with Crippen LogP contribution in [0.2, 0.25) is 0 Å². The van der Waals surface area contributed by atoms with Crippen LogP contribution in [0, 0.1) is 46.3 Å². The van der Waals surface area contributed by atoms with Crippen LogP contribution in [0.4, 0.5) is 129 Å². The van der Waals surface area contributed by atoms with Gasteiger partial charge in [-0.2, -0.15) is 101 Å². The van der Waals surface area contributed by atoms with Crippen molar-refractivity contribution in [3.63, 3.8) is 0 Å². The summed E-state index contributed by atoms with van der Waals surface area (Å²) in [6.45, 7) is -1.25. The van der Waals surface area contributed by atoms with E-state index in [2.05, 4.69) is 9.47 Å². The molecule has 0 saturated carbocycles. The number of benzene rings is 2. The summed E-state index contributed by atoms with van der Waals surface area (Å²) in [5.41, 5.74) is -5.90. The molecule has 36 heteroatoms. The average molecular weight is 1150 g/mol. The smallest absolute Gasteiger partial charge is 0.460 e. The minimum atomic E-state index is -9.03. The van der Waals surface area contributed by atoms with E-state index in [0.29, 0.717) is 26.2 Å². The monoisotopic (exact) mass is 1150 g/mol. The first-order valence-corrected chi connectivity index (χ1v) is 20.6. The molecule has 0 bridgehead atoms. The van der Waals surface area contributed by atoms with Crippen molar-refractivity contribution in [3.05, 3.63) is 58.9 Å². The van der Waals surface area contributed by atoms with Crippen molar-refractivity contribution < 1.29 is 150 Å². The molecule has 0 heterocycles. The van der Waals surface area contributed by atoms with Gasteiger partial charge >= 0.3 is 71.9 Å². The van der Waals surface area contributed by atoms with Crippen molar-refractivity contribution in [2.24, 2.45) is 17.3 Å². The largest absolute Gasteiger partial charge is 0.469 e. The Kier molecular flexibility index (Phi) is 18.2. The summed E-state index contributed by atoms with van der Waals surface area (Å²) < 4.78 is 421. The van der Waals surface area contributed by atoms with Crippen LogP contribution in [0.15, 0.2) is 29.2 Å². The summed E-state index contributed by atoms with van der Waals surface area (Å²) in [4.78, 5) is 25.4. The molecule has 3 atom stereocenters. The molecule has 0 aliphatic carbocycles. The second-order valence-electron chi connectivity index (χ2n) is 15.7. The molecule has 2 aromatic carbocycles. The molecule has 2 aromatic rings.